The SMILES string of the molecule is COC(=O)[C@H](O)[C@H](O)[C@H](O)[C@@H](O)C(=O)OC. The van der Waals surface area contributed by atoms with Crippen LogP contribution in [0.2, 0.25) is 0 Å². The fraction of sp³-hybridized carbons (Fsp3) is 0.750. The second-order valence-electron chi connectivity index (χ2n) is 2.92. The fourth-order valence-corrected chi connectivity index (χ4v) is 0.894. The zero-order valence-electron chi connectivity index (χ0n) is 8.73. The van der Waals surface area contributed by atoms with Crippen molar-refractivity contribution >= 4 is 11.9 Å². The second-order valence-corrected chi connectivity index (χ2v) is 2.92. The first-order valence-corrected chi connectivity index (χ1v) is 4.24. The zero-order chi connectivity index (χ0) is 12.9. The number of hydrogen-bond donors (Lipinski definition) is 4. The average molecular weight is 238 g/mol. The van der Waals surface area contributed by atoms with E-state index in [2.05, 4.69) is 9.47 Å². The number of aliphatic hydroxyl groups is 4. The number of rotatable bonds is 5. The Balaban J connectivity index is 4.54. The van der Waals surface area contributed by atoms with Gasteiger partial charge in [0.05, 0.1) is 14.2 Å². The van der Waals surface area contributed by atoms with Gasteiger partial charge in [0.25, 0.3) is 0 Å². The summed E-state index contributed by atoms with van der Waals surface area (Å²) < 4.78 is 8.18. The van der Waals surface area contributed by atoms with Crippen LogP contribution in [0, 0.1) is 0 Å². The molecule has 0 bridgehead atoms. The molecule has 0 aromatic rings. The zero-order valence-corrected chi connectivity index (χ0v) is 8.73. The highest BCUT2D eigenvalue weighted by Gasteiger charge is 2.38. The van der Waals surface area contributed by atoms with Gasteiger partial charge in [0.15, 0.2) is 12.2 Å². The van der Waals surface area contributed by atoms with E-state index in [0.717, 1.165) is 14.2 Å². The van der Waals surface area contributed by atoms with Crippen LogP contribution < -0.4 is 0 Å². The quantitative estimate of drug-likeness (QED) is 0.367. The van der Waals surface area contributed by atoms with Crippen molar-refractivity contribution in [3.8, 4) is 0 Å². The molecular formula is C8H14O8. The highest BCUT2D eigenvalue weighted by Crippen LogP contribution is 2.07. The second kappa shape index (κ2) is 6.38. The maximum atomic E-state index is 10.8. The molecule has 0 amide bonds. The van der Waals surface area contributed by atoms with Gasteiger partial charge in [0.2, 0.25) is 0 Å². The summed E-state index contributed by atoms with van der Waals surface area (Å²) >= 11 is 0. The van der Waals surface area contributed by atoms with Crippen molar-refractivity contribution in [3.05, 3.63) is 0 Å². The van der Waals surface area contributed by atoms with Crippen LogP contribution in [0.1, 0.15) is 0 Å². The Bertz CT molecular complexity index is 226. The molecule has 0 aliphatic heterocycles. The van der Waals surface area contributed by atoms with Gasteiger partial charge in [-0.2, -0.15) is 0 Å². The molecule has 0 aliphatic rings. The number of methoxy groups -OCH3 is 2. The van der Waals surface area contributed by atoms with Gasteiger partial charge >= 0.3 is 11.9 Å². The molecule has 4 atom stereocenters. The number of carbonyl (C=O) groups excluding carboxylic acids is 2. The van der Waals surface area contributed by atoms with Crippen LogP contribution >= 0.6 is 0 Å². The van der Waals surface area contributed by atoms with Gasteiger partial charge in [-0.15, -0.1) is 0 Å². The van der Waals surface area contributed by atoms with E-state index in [0.29, 0.717) is 0 Å². The van der Waals surface area contributed by atoms with Gasteiger partial charge in [-0.05, 0) is 0 Å². The normalized spacial score (nSPS) is 18.1. The van der Waals surface area contributed by atoms with E-state index in [9.17, 15) is 19.8 Å². The molecule has 16 heavy (non-hydrogen) atoms. The Morgan fingerprint density at radius 3 is 1.25 bits per heavy atom. The van der Waals surface area contributed by atoms with E-state index < -0.39 is 36.4 Å². The molecule has 8 heteroatoms. The van der Waals surface area contributed by atoms with E-state index >= 15 is 0 Å². The number of aliphatic hydroxyl groups excluding tert-OH is 4. The summed E-state index contributed by atoms with van der Waals surface area (Å²) in [6, 6.07) is 0. The van der Waals surface area contributed by atoms with E-state index in [4.69, 9.17) is 10.2 Å². The highest BCUT2D eigenvalue weighted by molar-refractivity contribution is 5.77. The van der Waals surface area contributed by atoms with Crippen molar-refractivity contribution in [1.82, 2.24) is 0 Å². The Hall–Kier alpha value is -1.22. The lowest BCUT2D eigenvalue weighted by molar-refractivity contribution is -0.176. The number of carbonyl (C=O) groups is 2. The lowest BCUT2D eigenvalue weighted by Gasteiger charge is -2.23. The average Bonchev–Trinajstić information content (AvgIpc) is 2.32. The molecule has 0 fully saturated rings. The van der Waals surface area contributed by atoms with Gasteiger partial charge in [-0.3, -0.25) is 0 Å². The Morgan fingerprint density at radius 2 is 1.06 bits per heavy atom. The summed E-state index contributed by atoms with van der Waals surface area (Å²) in [5.41, 5.74) is 0. The summed E-state index contributed by atoms with van der Waals surface area (Å²) in [5.74, 6) is -2.41. The van der Waals surface area contributed by atoms with Crippen molar-refractivity contribution in [3.63, 3.8) is 0 Å². The lowest BCUT2D eigenvalue weighted by Crippen LogP contribution is -2.50. The minimum Gasteiger partial charge on any atom is -0.467 e. The topological polar surface area (TPSA) is 134 Å². The van der Waals surface area contributed by atoms with Crippen molar-refractivity contribution in [2.75, 3.05) is 14.2 Å². The molecule has 0 spiro atoms. The predicted molar refractivity (Wildman–Crippen MR) is 48.1 cm³/mol. The summed E-state index contributed by atoms with van der Waals surface area (Å²) in [6.45, 7) is 0. The third-order valence-electron chi connectivity index (χ3n) is 1.88. The molecule has 0 unspecified atom stereocenters. The van der Waals surface area contributed by atoms with Gasteiger partial charge in [-0.25, -0.2) is 9.59 Å². The summed E-state index contributed by atoms with van der Waals surface area (Å²) in [5, 5.41) is 36.7. The van der Waals surface area contributed by atoms with E-state index in [1.807, 2.05) is 0 Å². The number of ether oxygens (including phenoxy) is 2. The molecular weight excluding hydrogens is 224 g/mol. The third-order valence-corrected chi connectivity index (χ3v) is 1.88. The number of hydrogen-bond acceptors (Lipinski definition) is 8. The highest BCUT2D eigenvalue weighted by atomic mass is 16.5. The molecule has 0 radical (unpaired) electrons. The van der Waals surface area contributed by atoms with E-state index in [1.165, 1.54) is 0 Å². The van der Waals surface area contributed by atoms with Crippen LogP contribution in [0.5, 0.6) is 0 Å². The molecule has 0 aromatic carbocycles. The fourth-order valence-electron chi connectivity index (χ4n) is 0.894. The maximum absolute atomic E-state index is 10.8. The smallest absolute Gasteiger partial charge is 0.337 e. The Kier molecular flexibility index (Phi) is 5.89. The van der Waals surface area contributed by atoms with Crippen LogP contribution in [0.25, 0.3) is 0 Å². The van der Waals surface area contributed by atoms with Crippen LogP contribution in [0.15, 0.2) is 0 Å². The molecule has 0 heterocycles. The Labute approximate surface area is 91.0 Å². The van der Waals surface area contributed by atoms with Crippen molar-refractivity contribution in [2.45, 2.75) is 24.4 Å². The molecule has 8 nitrogen and oxygen atoms in total. The van der Waals surface area contributed by atoms with Gasteiger partial charge in [0.1, 0.15) is 12.2 Å². The summed E-state index contributed by atoms with van der Waals surface area (Å²) in [6.07, 6.45) is -8.28. The molecule has 4 N–H and O–H groups in total. The molecule has 0 saturated carbocycles. The van der Waals surface area contributed by atoms with E-state index in [-0.39, 0.29) is 0 Å². The van der Waals surface area contributed by atoms with Crippen LogP contribution in [0.4, 0.5) is 0 Å². The third kappa shape index (κ3) is 3.42. The first kappa shape index (κ1) is 14.8. The first-order chi connectivity index (χ1) is 7.36. The van der Waals surface area contributed by atoms with Crippen LogP contribution in [-0.4, -0.2) is 71.0 Å². The van der Waals surface area contributed by atoms with Gasteiger partial charge < -0.3 is 29.9 Å². The summed E-state index contributed by atoms with van der Waals surface area (Å²) in [7, 11) is 1.92. The summed E-state index contributed by atoms with van der Waals surface area (Å²) in [4.78, 5) is 21.6. The molecule has 0 rings (SSSR count). The maximum Gasteiger partial charge on any atom is 0.337 e. The standard InChI is InChI=1S/C8H14O8/c1-15-7(13)5(11)3(9)4(10)6(12)8(14)16-2/h3-6,9-12H,1-2H3/t3-,4+,5-,6-/m1/s1. The van der Waals surface area contributed by atoms with Crippen LogP contribution in [-0.2, 0) is 19.1 Å². The van der Waals surface area contributed by atoms with E-state index in [1.54, 1.807) is 0 Å². The molecule has 0 aromatic heterocycles. The minimum atomic E-state index is -2.07. The Morgan fingerprint density at radius 1 is 0.812 bits per heavy atom. The first-order valence-electron chi connectivity index (χ1n) is 4.24. The van der Waals surface area contributed by atoms with Crippen molar-refractivity contribution in [1.29, 1.82) is 0 Å². The van der Waals surface area contributed by atoms with Crippen molar-refractivity contribution < 1.29 is 39.5 Å². The van der Waals surface area contributed by atoms with Crippen molar-refractivity contribution in [2.24, 2.45) is 0 Å². The predicted octanol–water partition coefficient (Wildman–Crippen LogP) is -3.22. The van der Waals surface area contributed by atoms with Gasteiger partial charge in [0, 0.05) is 0 Å². The minimum absolute atomic E-state index is 0.960. The lowest BCUT2D eigenvalue weighted by atomic mass is 10.0. The monoisotopic (exact) mass is 238 g/mol. The molecule has 0 aliphatic carbocycles. The largest absolute Gasteiger partial charge is 0.467 e. The molecule has 0 saturated heterocycles. The van der Waals surface area contributed by atoms with Gasteiger partial charge in [-0.1, -0.05) is 0 Å². The van der Waals surface area contributed by atoms with Crippen LogP contribution in [0.3, 0.4) is 0 Å². The molecule has 94 valence electrons. The number of esters is 2.